The van der Waals surface area contributed by atoms with E-state index in [1.54, 1.807) is 0 Å². The number of carbonyl (C=O) groups is 2. The van der Waals surface area contributed by atoms with E-state index >= 15 is 0 Å². The predicted octanol–water partition coefficient (Wildman–Crippen LogP) is 3.83. The summed E-state index contributed by atoms with van der Waals surface area (Å²) in [6.45, 7) is 0.497. The van der Waals surface area contributed by atoms with Crippen molar-refractivity contribution >= 4 is 34.8 Å². The number of hydrogen-bond donors (Lipinski definition) is 1. The molecule has 3 rings (SSSR count). The van der Waals surface area contributed by atoms with E-state index in [1.807, 2.05) is 30.3 Å². The summed E-state index contributed by atoms with van der Waals surface area (Å²) in [5.74, 6) is -1.29. The van der Waals surface area contributed by atoms with Crippen molar-refractivity contribution in [2.24, 2.45) is 5.10 Å². The van der Waals surface area contributed by atoms with Crippen molar-refractivity contribution in [3.8, 4) is 0 Å². The molecule has 1 aliphatic rings. The molecule has 7 heteroatoms. The Balaban J connectivity index is 1.52. The van der Waals surface area contributed by atoms with Crippen LogP contribution in [-0.4, -0.2) is 29.1 Å². The van der Waals surface area contributed by atoms with Gasteiger partial charge in [0.2, 0.25) is 11.8 Å². The summed E-state index contributed by atoms with van der Waals surface area (Å²) < 4.78 is 13.7. The minimum absolute atomic E-state index is 0.00656. The first-order valence-corrected chi connectivity index (χ1v) is 8.59. The lowest BCUT2D eigenvalue weighted by Crippen LogP contribution is -2.25. The molecular formula is C19H17ClFN3O2. The second kappa shape index (κ2) is 8.10. The van der Waals surface area contributed by atoms with E-state index in [0.29, 0.717) is 13.0 Å². The number of benzene rings is 2. The fourth-order valence-corrected chi connectivity index (χ4v) is 2.78. The largest absolute Gasteiger partial charge is 0.324 e. The first-order valence-electron chi connectivity index (χ1n) is 8.21. The van der Waals surface area contributed by atoms with Crippen molar-refractivity contribution in [3.63, 3.8) is 0 Å². The minimum atomic E-state index is -0.617. The van der Waals surface area contributed by atoms with E-state index in [1.165, 1.54) is 17.1 Å². The first kappa shape index (κ1) is 18.1. The second-order valence-electron chi connectivity index (χ2n) is 5.85. The smallest absolute Gasteiger partial charge is 0.243 e. The van der Waals surface area contributed by atoms with Crippen LogP contribution in [-0.2, 0) is 9.59 Å². The molecule has 1 aliphatic heterocycles. The molecule has 1 heterocycles. The van der Waals surface area contributed by atoms with Crippen LogP contribution in [0, 0.1) is 5.82 Å². The van der Waals surface area contributed by atoms with Gasteiger partial charge in [-0.3, -0.25) is 9.59 Å². The molecule has 0 fully saturated rings. The summed E-state index contributed by atoms with van der Waals surface area (Å²) in [6.07, 6.45) is 0.637. The Morgan fingerprint density at radius 2 is 1.92 bits per heavy atom. The highest BCUT2D eigenvalue weighted by Gasteiger charge is 2.22. The normalized spacial score (nSPS) is 13.5. The maximum absolute atomic E-state index is 13.7. The molecule has 0 atom stereocenters. The first-order chi connectivity index (χ1) is 12.5. The molecular weight excluding hydrogens is 357 g/mol. The molecule has 5 nitrogen and oxygen atoms in total. The van der Waals surface area contributed by atoms with Crippen molar-refractivity contribution in [2.45, 2.75) is 19.3 Å². The molecule has 134 valence electrons. The zero-order chi connectivity index (χ0) is 18.5. The maximum atomic E-state index is 13.7. The van der Waals surface area contributed by atoms with Crippen molar-refractivity contribution in [1.29, 1.82) is 0 Å². The van der Waals surface area contributed by atoms with E-state index in [0.717, 1.165) is 17.3 Å². The molecule has 0 unspecified atom stereocenters. The van der Waals surface area contributed by atoms with E-state index in [4.69, 9.17) is 11.6 Å². The van der Waals surface area contributed by atoms with Gasteiger partial charge in [0.25, 0.3) is 0 Å². The van der Waals surface area contributed by atoms with Crippen LogP contribution in [0.25, 0.3) is 0 Å². The summed E-state index contributed by atoms with van der Waals surface area (Å²) in [5, 5.41) is 8.41. The van der Waals surface area contributed by atoms with Gasteiger partial charge >= 0.3 is 0 Å². The van der Waals surface area contributed by atoms with Gasteiger partial charge in [0.1, 0.15) is 5.82 Å². The van der Waals surface area contributed by atoms with E-state index in [-0.39, 0.29) is 29.5 Å². The van der Waals surface area contributed by atoms with Gasteiger partial charge in [-0.15, -0.1) is 0 Å². The Morgan fingerprint density at radius 1 is 1.15 bits per heavy atom. The van der Waals surface area contributed by atoms with Gasteiger partial charge in [0.15, 0.2) is 0 Å². The van der Waals surface area contributed by atoms with Gasteiger partial charge in [-0.2, -0.15) is 5.10 Å². The van der Waals surface area contributed by atoms with Crippen LogP contribution in [0.3, 0.4) is 0 Å². The van der Waals surface area contributed by atoms with Gasteiger partial charge < -0.3 is 5.32 Å². The monoisotopic (exact) mass is 373 g/mol. The average molecular weight is 374 g/mol. The number of nitrogens with one attached hydrogen (secondary N) is 1. The molecule has 0 saturated heterocycles. The number of carbonyl (C=O) groups excluding carboxylic acids is 2. The number of hydrogen-bond acceptors (Lipinski definition) is 3. The van der Waals surface area contributed by atoms with Crippen LogP contribution < -0.4 is 5.32 Å². The lowest BCUT2D eigenvalue weighted by molar-refractivity contribution is -0.132. The highest BCUT2D eigenvalue weighted by molar-refractivity contribution is 6.30. The number of nitrogens with zero attached hydrogens (tertiary/aromatic N) is 2. The van der Waals surface area contributed by atoms with Crippen LogP contribution >= 0.6 is 11.6 Å². The third-order valence-corrected chi connectivity index (χ3v) is 4.20. The lowest BCUT2D eigenvalue weighted by atomic mass is 10.1. The molecule has 0 bridgehead atoms. The van der Waals surface area contributed by atoms with Crippen molar-refractivity contribution in [3.05, 3.63) is 64.9 Å². The zero-order valence-corrected chi connectivity index (χ0v) is 14.7. The molecule has 26 heavy (non-hydrogen) atoms. The number of hydrazone groups is 1. The highest BCUT2D eigenvalue weighted by atomic mass is 35.5. The Morgan fingerprint density at radius 3 is 2.65 bits per heavy atom. The summed E-state index contributed by atoms with van der Waals surface area (Å²) in [4.78, 5) is 24.2. The van der Waals surface area contributed by atoms with Crippen molar-refractivity contribution in [2.75, 3.05) is 11.9 Å². The summed E-state index contributed by atoms with van der Waals surface area (Å²) in [5.41, 5.74) is 1.88. The van der Waals surface area contributed by atoms with Crippen LogP contribution in [0.15, 0.2) is 53.6 Å². The van der Waals surface area contributed by atoms with E-state index < -0.39 is 11.7 Å². The molecule has 2 aromatic rings. The quantitative estimate of drug-likeness (QED) is 0.865. The minimum Gasteiger partial charge on any atom is -0.324 e. The second-order valence-corrected chi connectivity index (χ2v) is 6.29. The molecule has 0 saturated carbocycles. The standard InChI is InChI=1S/C19H17ClFN3O2/c20-14-6-7-17(15(21)12-14)22-18(25)8-9-19(26)24-11-10-16(23-24)13-4-2-1-3-5-13/h1-7,12H,8-11H2,(H,22,25). The van der Waals surface area contributed by atoms with E-state index in [2.05, 4.69) is 10.4 Å². The van der Waals surface area contributed by atoms with Crippen LogP contribution in [0.1, 0.15) is 24.8 Å². The van der Waals surface area contributed by atoms with Crippen LogP contribution in [0.4, 0.5) is 10.1 Å². The van der Waals surface area contributed by atoms with E-state index in [9.17, 15) is 14.0 Å². The molecule has 0 spiro atoms. The third-order valence-electron chi connectivity index (χ3n) is 3.97. The number of amides is 2. The highest BCUT2D eigenvalue weighted by Crippen LogP contribution is 2.19. The predicted molar refractivity (Wildman–Crippen MR) is 98.6 cm³/mol. The maximum Gasteiger partial charge on any atom is 0.243 e. The fraction of sp³-hybridized carbons (Fsp3) is 0.211. The average Bonchev–Trinajstić information content (AvgIpc) is 3.13. The Bertz CT molecular complexity index is 855. The Hall–Kier alpha value is -2.73. The molecule has 0 aliphatic carbocycles. The van der Waals surface area contributed by atoms with Gasteiger partial charge in [0, 0.05) is 24.3 Å². The number of halogens is 2. The molecule has 1 N–H and O–H groups in total. The summed E-state index contributed by atoms with van der Waals surface area (Å²) in [7, 11) is 0. The molecule has 2 aromatic carbocycles. The third kappa shape index (κ3) is 4.46. The zero-order valence-electron chi connectivity index (χ0n) is 13.9. The fourth-order valence-electron chi connectivity index (χ4n) is 2.62. The van der Waals surface area contributed by atoms with Gasteiger partial charge in [-0.05, 0) is 23.8 Å². The topological polar surface area (TPSA) is 61.8 Å². The van der Waals surface area contributed by atoms with Crippen LogP contribution in [0.2, 0.25) is 5.02 Å². The SMILES string of the molecule is O=C(CCC(=O)N1CCC(c2ccccc2)=N1)Nc1ccc(Cl)cc1F. The summed E-state index contributed by atoms with van der Waals surface area (Å²) in [6, 6.07) is 13.6. The van der Waals surface area contributed by atoms with Gasteiger partial charge in [-0.1, -0.05) is 41.9 Å². The Labute approximate surface area is 155 Å². The van der Waals surface area contributed by atoms with Crippen molar-refractivity contribution < 1.29 is 14.0 Å². The number of anilines is 1. The van der Waals surface area contributed by atoms with Crippen molar-refractivity contribution in [1.82, 2.24) is 5.01 Å². The number of rotatable bonds is 5. The van der Waals surface area contributed by atoms with Gasteiger partial charge in [-0.25, -0.2) is 9.40 Å². The molecule has 2 amide bonds. The molecule has 0 aromatic heterocycles. The van der Waals surface area contributed by atoms with Gasteiger partial charge in [0.05, 0.1) is 17.9 Å². The Kier molecular flexibility index (Phi) is 5.63. The lowest BCUT2D eigenvalue weighted by Gasteiger charge is -2.11. The molecule has 0 radical (unpaired) electrons. The summed E-state index contributed by atoms with van der Waals surface area (Å²) >= 11 is 5.67. The van der Waals surface area contributed by atoms with Crippen LogP contribution in [0.5, 0.6) is 0 Å².